The van der Waals surface area contributed by atoms with Crippen LogP contribution in [0.1, 0.15) is 29.1 Å². The second-order valence-corrected chi connectivity index (χ2v) is 6.18. The zero-order chi connectivity index (χ0) is 19.1. The molecule has 0 aliphatic carbocycles. The highest BCUT2D eigenvalue weighted by atomic mass is 35.5. The van der Waals surface area contributed by atoms with Gasteiger partial charge in [-0.15, -0.1) is 0 Å². The zero-order valence-electron chi connectivity index (χ0n) is 14.3. The van der Waals surface area contributed by atoms with Crippen molar-refractivity contribution >= 4 is 23.4 Å². The van der Waals surface area contributed by atoms with Gasteiger partial charge in [-0.3, -0.25) is 20.4 Å². The molecule has 0 unspecified atom stereocenters. The lowest BCUT2D eigenvalue weighted by molar-refractivity contribution is -0.121. The molecule has 0 radical (unpaired) electrons. The van der Waals surface area contributed by atoms with Crippen molar-refractivity contribution in [1.82, 2.24) is 21.0 Å². The molecule has 27 heavy (non-hydrogen) atoms. The van der Waals surface area contributed by atoms with Crippen molar-refractivity contribution < 1.29 is 14.1 Å². The fourth-order valence-corrected chi connectivity index (χ4v) is 2.45. The maximum Gasteiger partial charge on any atom is 0.269 e. The number of hydrogen-bond donors (Lipinski definition) is 2. The number of aromatic nitrogens is 2. The largest absolute Gasteiger partial charge is 0.339 e. The smallest absolute Gasteiger partial charge is 0.269 e. The maximum atomic E-state index is 11.8. The Morgan fingerprint density at radius 2 is 1.74 bits per heavy atom. The number of carbonyl (C=O) groups excluding carboxylic acids is 2. The molecule has 3 rings (SSSR count). The van der Waals surface area contributed by atoms with Gasteiger partial charge in [0.1, 0.15) is 0 Å². The first-order chi connectivity index (χ1) is 13.1. The van der Waals surface area contributed by atoms with E-state index in [1.54, 1.807) is 48.5 Å². The van der Waals surface area contributed by atoms with Crippen LogP contribution < -0.4 is 10.9 Å². The molecule has 138 valence electrons. The molecule has 2 amide bonds. The standard InChI is InChI=1S/C19H17ClN4O3/c20-15-11-9-13(10-12-15)18-21-17(27-24-18)8-4-7-16(25)22-23-19(26)14-5-2-1-3-6-14/h1-3,5-6,9-12H,4,7-8H2,(H,22,25)(H,23,26). The van der Waals surface area contributed by atoms with Gasteiger partial charge < -0.3 is 4.52 Å². The average Bonchev–Trinajstić information content (AvgIpc) is 3.16. The van der Waals surface area contributed by atoms with E-state index in [0.29, 0.717) is 35.1 Å². The Bertz CT molecular complexity index is 910. The third kappa shape index (κ3) is 5.39. The topological polar surface area (TPSA) is 97.1 Å². The summed E-state index contributed by atoms with van der Waals surface area (Å²) in [5.74, 6) is 0.257. The molecule has 7 nitrogen and oxygen atoms in total. The third-order valence-corrected chi connectivity index (χ3v) is 3.97. The molecular formula is C19H17ClN4O3. The number of nitrogens with zero attached hydrogens (tertiary/aromatic N) is 2. The van der Waals surface area contributed by atoms with Crippen LogP contribution in [0.25, 0.3) is 11.4 Å². The second kappa shape index (κ2) is 8.95. The molecule has 3 aromatic rings. The van der Waals surface area contributed by atoms with Crippen LogP contribution >= 0.6 is 11.6 Å². The van der Waals surface area contributed by atoms with Crippen molar-refractivity contribution in [2.75, 3.05) is 0 Å². The second-order valence-electron chi connectivity index (χ2n) is 5.74. The number of benzene rings is 2. The summed E-state index contributed by atoms with van der Waals surface area (Å²) in [4.78, 5) is 28.0. The lowest BCUT2D eigenvalue weighted by Gasteiger charge is -2.06. The molecule has 0 atom stereocenters. The summed E-state index contributed by atoms with van der Waals surface area (Å²) in [6.07, 6.45) is 1.18. The van der Waals surface area contributed by atoms with E-state index in [4.69, 9.17) is 16.1 Å². The summed E-state index contributed by atoms with van der Waals surface area (Å²) in [6, 6.07) is 15.7. The Kier molecular flexibility index (Phi) is 6.17. The fraction of sp³-hybridized carbons (Fsp3) is 0.158. The molecule has 0 saturated heterocycles. The molecule has 1 heterocycles. The maximum absolute atomic E-state index is 11.8. The number of hydrogen-bond acceptors (Lipinski definition) is 5. The van der Waals surface area contributed by atoms with E-state index < -0.39 is 0 Å². The highest BCUT2D eigenvalue weighted by Crippen LogP contribution is 2.19. The van der Waals surface area contributed by atoms with Crippen LogP contribution in [0.5, 0.6) is 0 Å². The van der Waals surface area contributed by atoms with Crippen molar-refractivity contribution in [2.45, 2.75) is 19.3 Å². The van der Waals surface area contributed by atoms with E-state index in [2.05, 4.69) is 21.0 Å². The van der Waals surface area contributed by atoms with Crippen LogP contribution in [0, 0.1) is 0 Å². The Labute approximate surface area is 160 Å². The van der Waals surface area contributed by atoms with Gasteiger partial charge in [-0.1, -0.05) is 35.0 Å². The molecule has 8 heteroatoms. The predicted molar refractivity (Wildman–Crippen MR) is 99.7 cm³/mol. The van der Waals surface area contributed by atoms with Gasteiger partial charge >= 0.3 is 0 Å². The molecule has 0 bridgehead atoms. The molecular weight excluding hydrogens is 368 g/mol. The van der Waals surface area contributed by atoms with E-state index in [9.17, 15) is 9.59 Å². The minimum absolute atomic E-state index is 0.216. The molecule has 0 aliphatic rings. The molecule has 0 aliphatic heterocycles. The Hall–Kier alpha value is -3.19. The van der Waals surface area contributed by atoms with Gasteiger partial charge in [-0.2, -0.15) is 4.98 Å². The van der Waals surface area contributed by atoms with Crippen LogP contribution in [0.4, 0.5) is 0 Å². The first-order valence-electron chi connectivity index (χ1n) is 8.34. The van der Waals surface area contributed by atoms with E-state index in [-0.39, 0.29) is 18.2 Å². The highest BCUT2D eigenvalue weighted by Gasteiger charge is 2.10. The lowest BCUT2D eigenvalue weighted by Crippen LogP contribution is -2.41. The number of amides is 2. The zero-order valence-corrected chi connectivity index (χ0v) is 15.1. The molecule has 0 spiro atoms. The van der Waals surface area contributed by atoms with Crippen LogP contribution in [0.3, 0.4) is 0 Å². The number of aryl methyl sites for hydroxylation is 1. The van der Waals surface area contributed by atoms with Gasteiger partial charge in [0.2, 0.25) is 17.6 Å². The summed E-state index contributed by atoms with van der Waals surface area (Å²) in [6.45, 7) is 0. The lowest BCUT2D eigenvalue weighted by atomic mass is 10.2. The molecule has 0 fully saturated rings. The van der Waals surface area contributed by atoms with Crippen molar-refractivity contribution in [2.24, 2.45) is 0 Å². The Morgan fingerprint density at radius 1 is 1.00 bits per heavy atom. The normalized spacial score (nSPS) is 10.4. The van der Waals surface area contributed by atoms with Gasteiger partial charge in [0.15, 0.2) is 0 Å². The summed E-state index contributed by atoms with van der Waals surface area (Å²) in [5.41, 5.74) is 6.04. The minimum atomic E-state index is -0.367. The molecule has 2 N–H and O–H groups in total. The number of nitrogens with one attached hydrogen (secondary N) is 2. The SMILES string of the molecule is O=C(CCCc1nc(-c2ccc(Cl)cc2)no1)NNC(=O)c1ccccc1. The Morgan fingerprint density at radius 3 is 2.48 bits per heavy atom. The monoisotopic (exact) mass is 384 g/mol. The van der Waals surface area contributed by atoms with Crippen molar-refractivity contribution in [3.05, 3.63) is 71.1 Å². The number of rotatable bonds is 6. The molecule has 0 saturated carbocycles. The highest BCUT2D eigenvalue weighted by molar-refractivity contribution is 6.30. The van der Waals surface area contributed by atoms with Gasteiger partial charge in [0.25, 0.3) is 5.91 Å². The van der Waals surface area contributed by atoms with Gasteiger partial charge in [-0.05, 0) is 42.8 Å². The summed E-state index contributed by atoms with van der Waals surface area (Å²) in [7, 11) is 0. The Balaban J connectivity index is 1.41. The van der Waals surface area contributed by atoms with Gasteiger partial charge in [0, 0.05) is 29.0 Å². The van der Waals surface area contributed by atoms with Crippen LogP contribution in [-0.4, -0.2) is 22.0 Å². The van der Waals surface area contributed by atoms with Crippen molar-refractivity contribution in [3.63, 3.8) is 0 Å². The summed E-state index contributed by atoms with van der Waals surface area (Å²) >= 11 is 5.85. The van der Waals surface area contributed by atoms with Crippen molar-refractivity contribution in [3.8, 4) is 11.4 Å². The van der Waals surface area contributed by atoms with Gasteiger partial charge in [0.05, 0.1) is 0 Å². The average molecular weight is 385 g/mol. The van der Waals surface area contributed by atoms with E-state index in [1.807, 2.05) is 6.07 Å². The summed E-state index contributed by atoms with van der Waals surface area (Å²) < 4.78 is 5.19. The van der Waals surface area contributed by atoms with Crippen LogP contribution in [-0.2, 0) is 11.2 Å². The van der Waals surface area contributed by atoms with Crippen molar-refractivity contribution in [1.29, 1.82) is 0 Å². The van der Waals surface area contributed by atoms with E-state index >= 15 is 0 Å². The first kappa shape index (κ1) is 18.6. The summed E-state index contributed by atoms with van der Waals surface area (Å²) in [5, 5.41) is 4.55. The fourth-order valence-electron chi connectivity index (χ4n) is 2.32. The number of halogens is 1. The van der Waals surface area contributed by atoms with E-state index in [0.717, 1.165) is 5.56 Å². The third-order valence-electron chi connectivity index (χ3n) is 3.72. The first-order valence-corrected chi connectivity index (χ1v) is 8.72. The van der Waals surface area contributed by atoms with Gasteiger partial charge in [-0.25, -0.2) is 0 Å². The number of hydrazine groups is 1. The minimum Gasteiger partial charge on any atom is -0.339 e. The van der Waals surface area contributed by atoms with Crippen LogP contribution in [0.15, 0.2) is 59.1 Å². The number of carbonyl (C=O) groups is 2. The predicted octanol–water partition coefficient (Wildman–Crippen LogP) is 3.17. The van der Waals surface area contributed by atoms with E-state index in [1.165, 1.54) is 0 Å². The molecule has 1 aromatic heterocycles. The quantitative estimate of drug-likeness (QED) is 0.636. The molecule has 2 aromatic carbocycles. The van der Waals surface area contributed by atoms with Crippen LogP contribution in [0.2, 0.25) is 5.02 Å².